The molecule has 0 unspecified atom stereocenters. The molecule has 0 saturated carbocycles. The smallest absolute Gasteiger partial charge is 0.295 e. The van der Waals surface area contributed by atoms with Crippen molar-refractivity contribution >= 4 is 17.4 Å². The Hall–Kier alpha value is -4.26. The number of phenolic OH excluding ortho intramolecular Hbond substituents is 1. The number of aliphatic hydroxyl groups excluding tert-OH is 1. The molecule has 2 N–H and O–H groups in total. The van der Waals surface area contributed by atoms with E-state index in [1.165, 1.54) is 19.1 Å². The third kappa shape index (κ3) is 4.32. The van der Waals surface area contributed by atoms with E-state index in [0.29, 0.717) is 29.0 Å². The van der Waals surface area contributed by atoms with Crippen LogP contribution in [-0.2, 0) is 16.0 Å². The van der Waals surface area contributed by atoms with Crippen molar-refractivity contribution in [1.29, 1.82) is 0 Å². The number of aromatic hydroxyl groups is 1. The minimum atomic E-state index is -0.808. The third-order valence-electron chi connectivity index (χ3n) is 5.89. The fourth-order valence-corrected chi connectivity index (χ4v) is 4.14. The zero-order chi connectivity index (χ0) is 24.2. The van der Waals surface area contributed by atoms with Gasteiger partial charge < -0.3 is 24.6 Å². The quantitative estimate of drug-likeness (QED) is 0.314. The lowest BCUT2D eigenvalue weighted by Crippen LogP contribution is -2.31. The molecule has 1 aliphatic rings. The van der Waals surface area contributed by atoms with Gasteiger partial charge in [-0.05, 0) is 41.8 Å². The maximum absolute atomic E-state index is 13.1. The second-order valence-corrected chi connectivity index (χ2v) is 7.89. The number of hydrogen-bond donors (Lipinski definition) is 2. The number of methoxy groups -OCH3 is 2. The van der Waals surface area contributed by atoms with Crippen molar-refractivity contribution in [2.45, 2.75) is 12.5 Å². The van der Waals surface area contributed by atoms with Crippen molar-refractivity contribution in [3.63, 3.8) is 0 Å². The summed E-state index contributed by atoms with van der Waals surface area (Å²) < 4.78 is 10.8. The van der Waals surface area contributed by atoms with Crippen LogP contribution in [0.4, 0.5) is 0 Å². The van der Waals surface area contributed by atoms with Crippen molar-refractivity contribution in [3.8, 4) is 17.2 Å². The summed E-state index contributed by atoms with van der Waals surface area (Å²) in [6, 6.07) is 19.7. The maximum Gasteiger partial charge on any atom is 0.295 e. The highest BCUT2D eigenvalue weighted by Crippen LogP contribution is 2.42. The van der Waals surface area contributed by atoms with Crippen molar-refractivity contribution < 1.29 is 29.3 Å². The largest absolute Gasteiger partial charge is 0.508 e. The number of ether oxygens (including phenoxy) is 2. The van der Waals surface area contributed by atoms with Gasteiger partial charge in [0.1, 0.15) is 11.5 Å². The number of amides is 1. The third-order valence-corrected chi connectivity index (χ3v) is 5.89. The van der Waals surface area contributed by atoms with E-state index >= 15 is 0 Å². The number of carbonyl (C=O) groups is 2. The first-order valence-electron chi connectivity index (χ1n) is 10.8. The first-order valence-corrected chi connectivity index (χ1v) is 10.8. The summed E-state index contributed by atoms with van der Waals surface area (Å²) in [6.07, 6.45) is 0.461. The van der Waals surface area contributed by atoms with Crippen LogP contribution in [0.25, 0.3) is 5.76 Å². The number of phenols is 1. The van der Waals surface area contributed by atoms with Crippen molar-refractivity contribution in [3.05, 3.63) is 95.1 Å². The van der Waals surface area contributed by atoms with Crippen LogP contribution in [-0.4, -0.2) is 47.6 Å². The van der Waals surface area contributed by atoms with Gasteiger partial charge >= 0.3 is 0 Å². The molecule has 0 aliphatic carbocycles. The molecule has 1 aliphatic heterocycles. The van der Waals surface area contributed by atoms with E-state index in [0.717, 1.165) is 5.56 Å². The van der Waals surface area contributed by atoms with Crippen LogP contribution in [0.15, 0.2) is 78.4 Å². The fourth-order valence-electron chi connectivity index (χ4n) is 4.14. The molecule has 1 amide bonds. The second kappa shape index (κ2) is 9.70. The lowest BCUT2D eigenvalue weighted by Gasteiger charge is -2.26. The number of aliphatic hydroxyl groups is 1. The molecule has 1 heterocycles. The molecule has 174 valence electrons. The van der Waals surface area contributed by atoms with Crippen LogP contribution in [0.2, 0.25) is 0 Å². The van der Waals surface area contributed by atoms with Crippen LogP contribution in [0.1, 0.15) is 22.7 Å². The highest BCUT2D eigenvalue weighted by molar-refractivity contribution is 6.46. The summed E-state index contributed by atoms with van der Waals surface area (Å²) in [5.74, 6) is -0.551. The highest BCUT2D eigenvalue weighted by Gasteiger charge is 2.46. The van der Waals surface area contributed by atoms with E-state index in [1.807, 2.05) is 0 Å². The Bertz CT molecular complexity index is 1230. The lowest BCUT2D eigenvalue weighted by atomic mass is 9.95. The molecule has 3 aromatic carbocycles. The number of hydrogen-bond acceptors (Lipinski definition) is 6. The van der Waals surface area contributed by atoms with Crippen molar-refractivity contribution in [1.82, 2.24) is 4.90 Å². The summed E-state index contributed by atoms with van der Waals surface area (Å²) in [7, 11) is 3.03. The summed E-state index contributed by atoms with van der Waals surface area (Å²) in [5.41, 5.74) is 1.98. The average molecular weight is 459 g/mol. The van der Waals surface area contributed by atoms with E-state index < -0.39 is 17.7 Å². The predicted octanol–water partition coefficient (Wildman–Crippen LogP) is 4.07. The summed E-state index contributed by atoms with van der Waals surface area (Å²) in [6.45, 7) is 0.236. The molecule has 1 saturated heterocycles. The van der Waals surface area contributed by atoms with E-state index in [-0.39, 0.29) is 23.6 Å². The topological polar surface area (TPSA) is 96.3 Å². The molecule has 7 nitrogen and oxygen atoms in total. The lowest BCUT2D eigenvalue weighted by molar-refractivity contribution is -0.139. The van der Waals surface area contributed by atoms with Gasteiger partial charge in [0.05, 0.1) is 25.8 Å². The summed E-state index contributed by atoms with van der Waals surface area (Å²) in [5, 5.41) is 20.6. The number of likely N-dealkylation sites (tertiary alicyclic amines) is 1. The number of Topliss-reactive ketones (excluding diaryl/α,β-unsaturated/α-hetero) is 1. The van der Waals surface area contributed by atoms with E-state index in [9.17, 15) is 19.8 Å². The van der Waals surface area contributed by atoms with Crippen LogP contribution in [0, 0.1) is 0 Å². The number of carbonyl (C=O) groups excluding carboxylic acids is 2. The van der Waals surface area contributed by atoms with Gasteiger partial charge in [0.15, 0.2) is 11.5 Å². The molecule has 1 fully saturated rings. The highest BCUT2D eigenvalue weighted by atomic mass is 16.5. The minimum absolute atomic E-state index is 0.0223. The molecule has 34 heavy (non-hydrogen) atoms. The normalized spacial score (nSPS) is 17.1. The van der Waals surface area contributed by atoms with E-state index in [2.05, 4.69) is 0 Å². The van der Waals surface area contributed by atoms with Gasteiger partial charge in [-0.3, -0.25) is 9.59 Å². The fraction of sp³-hybridized carbons (Fsp3) is 0.185. The van der Waals surface area contributed by atoms with Gasteiger partial charge in [0, 0.05) is 12.1 Å². The van der Waals surface area contributed by atoms with Crippen molar-refractivity contribution in [2.24, 2.45) is 0 Å². The number of rotatable bonds is 7. The van der Waals surface area contributed by atoms with E-state index in [4.69, 9.17) is 9.47 Å². The Labute approximate surface area is 197 Å². The Balaban J connectivity index is 1.80. The Kier molecular flexibility index (Phi) is 6.54. The van der Waals surface area contributed by atoms with Gasteiger partial charge in [-0.1, -0.05) is 48.5 Å². The first-order chi connectivity index (χ1) is 16.4. The van der Waals surface area contributed by atoms with Crippen LogP contribution in [0.5, 0.6) is 17.2 Å². The second-order valence-electron chi connectivity index (χ2n) is 7.89. The summed E-state index contributed by atoms with van der Waals surface area (Å²) in [4.78, 5) is 27.7. The molecular weight excluding hydrogens is 434 g/mol. The van der Waals surface area contributed by atoms with Gasteiger partial charge in [0.2, 0.25) is 0 Å². The first kappa shape index (κ1) is 22.9. The van der Waals surface area contributed by atoms with Gasteiger partial charge in [-0.2, -0.15) is 0 Å². The average Bonchev–Trinajstić information content (AvgIpc) is 3.13. The number of ketones is 1. The molecule has 0 radical (unpaired) electrons. The standard InChI is InChI=1S/C27H25NO6/c1-33-21-13-10-19(16-22(21)34-2)24-23(25(30)18-6-4-3-5-7-18)26(31)27(32)28(24)15-14-17-8-11-20(29)12-9-17/h3-13,16,24,29-30H,14-15H2,1-2H3/t24-/m1/s1. The molecule has 7 heteroatoms. The Morgan fingerprint density at radius 3 is 2.24 bits per heavy atom. The minimum Gasteiger partial charge on any atom is -0.508 e. The SMILES string of the molecule is COc1ccc([C@@H]2C(=C(O)c3ccccc3)C(=O)C(=O)N2CCc2ccc(O)cc2)cc1OC. The molecule has 3 aromatic rings. The van der Waals surface area contributed by atoms with Gasteiger partial charge in [-0.25, -0.2) is 0 Å². The number of nitrogens with zero attached hydrogens (tertiary/aromatic N) is 1. The predicted molar refractivity (Wildman–Crippen MR) is 127 cm³/mol. The van der Waals surface area contributed by atoms with Crippen LogP contribution in [0.3, 0.4) is 0 Å². The van der Waals surface area contributed by atoms with E-state index in [1.54, 1.807) is 72.8 Å². The maximum atomic E-state index is 13.1. The number of benzene rings is 3. The zero-order valence-corrected chi connectivity index (χ0v) is 18.9. The molecular formula is C27H25NO6. The molecule has 1 atom stereocenters. The molecule has 0 bridgehead atoms. The Morgan fingerprint density at radius 2 is 1.59 bits per heavy atom. The van der Waals surface area contributed by atoms with Crippen LogP contribution < -0.4 is 9.47 Å². The molecule has 0 spiro atoms. The van der Waals surface area contributed by atoms with Gasteiger partial charge in [0.25, 0.3) is 11.7 Å². The Morgan fingerprint density at radius 1 is 0.912 bits per heavy atom. The molecule has 4 rings (SSSR count). The van der Waals surface area contributed by atoms with Gasteiger partial charge in [-0.15, -0.1) is 0 Å². The summed E-state index contributed by atoms with van der Waals surface area (Å²) >= 11 is 0. The van der Waals surface area contributed by atoms with Crippen LogP contribution >= 0.6 is 0 Å². The van der Waals surface area contributed by atoms with Crippen molar-refractivity contribution in [2.75, 3.05) is 20.8 Å². The molecule has 0 aromatic heterocycles. The monoisotopic (exact) mass is 459 g/mol. The zero-order valence-electron chi connectivity index (χ0n) is 18.9.